The molecule has 18 heavy (non-hydrogen) atoms. The van der Waals surface area contributed by atoms with Gasteiger partial charge in [0.05, 0.1) is 16.4 Å². The molecule has 1 aliphatic rings. The Kier molecular flexibility index (Phi) is 4.33. The van der Waals surface area contributed by atoms with E-state index in [0.717, 1.165) is 34.8 Å². The summed E-state index contributed by atoms with van der Waals surface area (Å²) in [6.07, 6.45) is 3.88. The summed E-state index contributed by atoms with van der Waals surface area (Å²) in [6.45, 7) is 7.50. The fourth-order valence-corrected chi connectivity index (χ4v) is 3.07. The Morgan fingerprint density at radius 2 is 2.06 bits per heavy atom. The van der Waals surface area contributed by atoms with E-state index in [9.17, 15) is 0 Å². The summed E-state index contributed by atoms with van der Waals surface area (Å²) in [6, 6.07) is 0.627. The molecule has 4 heteroatoms. The molecule has 1 saturated carbocycles. The molecule has 1 fully saturated rings. The first kappa shape index (κ1) is 13.9. The van der Waals surface area contributed by atoms with Crippen LogP contribution in [0.3, 0.4) is 0 Å². The molecular weight excluding hydrogens is 246 g/mol. The minimum Gasteiger partial charge on any atom is -0.308 e. The maximum Gasteiger partial charge on any atom is 0.0860 e. The van der Waals surface area contributed by atoms with Crippen molar-refractivity contribution in [3.05, 3.63) is 16.4 Å². The standard InChI is InChI=1S/C14H24ClN3/c1-9-5-6-12(7-10(9)2)16-8-13-14(15)11(3)17-18(13)4/h9-10,12,16H,5-8H2,1-4H3. The van der Waals surface area contributed by atoms with Gasteiger partial charge in [-0.15, -0.1) is 0 Å². The minimum absolute atomic E-state index is 0.627. The number of hydrogen-bond acceptors (Lipinski definition) is 2. The predicted octanol–water partition coefficient (Wildman–Crippen LogP) is 3.30. The average Bonchev–Trinajstić information content (AvgIpc) is 2.56. The Balaban J connectivity index is 1.92. The second-order valence-electron chi connectivity index (χ2n) is 5.82. The van der Waals surface area contributed by atoms with Crippen LogP contribution in [0.5, 0.6) is 0 Å². The lowest BCUT2D eigenvalue weighted by atomic mass is 9.79. The van der Waals surface area contributed by atoms with E-state index in [1.807, 2.05) is 18.7 Å². The quantitative estimate of drug-likeness (QED) is 0.913. The molecule has 0 saturated heterocycles. The van der Waals surface area contributed by atoms with Crippen LogP contribution in [0.25, 0.3) is 0 Å². The molecule has 3 atom stereocenters. The molecule has 102 valence electrons. The van der Waals surface area contributed by atoms with Crippen molar-refractivity contribution in [2.24, 2.45) is 18.9 Å². The number of hydrogen-bond donors (Lipinski definition) is 1. The molecular formula is C14H24ClN3. The zero-order valence-corrected chi connectivity index (χ0v) is 12.6. The average molecular weight is 270 g/mol. The second-order valence-corrected chi connectivity index (χ2v) is 6.19. The van der Waals surface area contributed by atoms with E-state index in [1.54, 1.807) is 0 Å². The molecule has 1 aromatic rings. The Morgan fingerprint density at radius 1 is 1.33 bits per heavy atom. The number of aryl methyl sites for hydroxylation is 2. The van der Waals surface area contributed by atoms with Crippen LogP contribution in [0, 0.1) is 18.8 Å². The topological polar surface area (TPSA) is 29.9 Å². The van der Waals surface area contributed by atoms with Gasteiger partial charge in [-0.3, -0.25) is 4.68 Å². The lowest BCUT2D eigenvalue weighted by Crippen LogP contribution is -2.36. The second kappa shape index (κ2) is 5.62. The van der Waals surface area contributed by atoms with Crippen LogP contribution >= 0.6 is 11.6 Å². The molecule has 0 radical (unpaired) electrons. The number of aromatic nitrogens is 2. The summed E-state index contributed by atoms with van der Waals surface area (Å²) in [7, 11) is 1.96. The van der Waals surface area contributed by atoms with Crippen LogP contribution in [0.4, 0.5) is 0 Å². The minimum atomic E-state index is 0.627. The van der Waals surface area contributed by atoms with Gasteiger partial charge >= 0.3 is 0 Å². The van der Waals surface area contributed by atoms with Gasteiger partial charge in [0.2, 0.25) is 0 Å². The molecule has 0 aliphatic heterocycles. The van der Waals surface area contributed by atoms with Crippen LogP contribution in [0.2, 0.25) is 5.02 Å². The van der Waals surface area contributed by atoms with E-state index in [2.05, 4.69) is 24.3 Å². The van der Waals surface area contributed by atoms with E-state index < -0.39 is 0 Å². The van der Waals surface area contributed by atoms with Crippen LogP contribution < -0.4 is 5.32 Å². The lowest BCUT2D eigenvalue weighted by Gasteiger charge is -2.32. The summed E-state index contributed by atoms with van der Waals surface area (Å²) in [5.74, 6) is 1.69. The maximum atomic E-state index is 6.26. The highest BCUT2D eigenvalue weighted by atomic mass is 35.5. The Morgan fingerprint density at radius 3 is 2.61 bits per heavy atom. The third-order valence-electron chi connectivity index (χ3n) is 4.42. The summed E-state index contributed by atoms with van der Waals surface area (Å²) in [4.78, 5) is 0. The SMILES string of the molecule is Cc1nn(C)c(CNC2CCC(C)C(C)C2)c1Cl. The molecule has 0 amide bonds. The predicted molar refractivity (Wildman–Crippen MR) is 75.8 cm³/mol. The van der Waals surface area contributed by atoms with Crippen LogP contribution in [0.15, 0.2) is 0 Å². The van der Waals surface area contributed by atoms with Gasteiger partial charge in [-0.1, -0.05) is 25.4 Å². The Hall–Kier alpha value is -0.540. The van der Waals surface area contributed by atoms with Gasteiger partial charge in [0.1, 0.15) is 0 Å². The molecule has 1 N–H and O–H groups in total. The van der Waals surface area contributed by atoms with Crippen molar-refractivity contribution in [3.8, 4) is 0 Å². The van der Waals surface area contributed by atoms with E-state index in [0.29, 0.717) is 6.04 Å². The largest absolute Gasteiger partial charge is 0.308 e. The van der Waals surface area contributed by atoms with Crippen LogP contribution in [0.1, 0.15) is 44.5 Å². The van der Waals surface area contributed by atoms with Crippen molar-refractivity contribution in [1.29, 1.82) is 0 Å². The number of nitrogens with one attached hydrogen (secondary N) is 1. The molecule has 3 nitrogen and oxygen atoms in total. The molecule has 2 rings (SSSR count). The number of rotatable bonds is 3. The van der Waals surface area contributed by atoms with Crippen molar-refractivity contribution in [1.82, 2.24) is 15.1 Å². The maximum absolute atomic E-state index is 6.26. The first-order valence-electron chi connectivity index (χ1n) is 6.90. The first-order chi connectivity index (χ1) is 8.49. The summed E-state index contributed by atoms with van der Waals surface area (Å²) in [5.41, 5.74) is 2.02. The fourth-order valence-electron chi connectivity index (χ4n) is 2.85. The van der Waals surface area contributed by atoms with Gasteiger partial charge in [-0.25, -0.2) is 0 Å². The highest BCUT2D eigenvalue weighted by Gasteiger charge is 2.24. The molecule has 0 bridgehead atoms. The van der Waals surface area contributed by atoms with Crippen molar-refractivity contribution >= 4 is 11.6 Å². The van der Waals surface area contributed by atoms with E-state index in [-0.39, 0.29) is 0 Å². The highest BCUT2D eigenvalue weighted by Crippen LogP contribution is 2.29. The van der Waals surface area contributed by atoms with Crippen LogP contribution in [-0.2, 0) is 13.6 Å². The Bertz CT molecular complexity index is 413. The van der Waals surface area contributed by atoms with Crippen LogP contribution in [-0.4, -0.2) is 15.8 Å². The zero-order valence-electron chi connectivity index (χ0n) is 11.8. The summed E-state index contributed by atoms with van der Waals surface area (Å²) < 4.78 is 1.89. The fraction of sp³-hybridized carbons (Fsp3) is 0.786. The molecule has 0 spiro atoms. The third kappa shape index (κ3) is 2.89. The highest BCUT2D eigenvalue weighted by molar-refractivity contribution is 6.31. The smallest absolute Gasteiger partial charge is 0.0860 e. The van der Waals surface area contributed by atoms with E-state index >= 15 is 0 Å². The molecule has 3 unspecified atom stereocenters. The molecule has 1 aromatic heterocycles. The van der Waals surface area contributed by atoms with Crippen molar-refractivity contribution < 1.29 is 0 Å². The van der Waals surface area contributed by atoms with Gasteiger partial charge < -0.3 is 5.32 Å². The van der Waals surface area contributed by atoms with Gasteiger partial charge in [0.15, 0.2) is 0 Å². The van der Waals surface area contributed by atoms with Crippen molar-refractivity contribution in [3.63, 3.8) is 0 Å². The number of halogens is 1. The van der Waals surface area contributed by atoms with E-state index in [4.69, 9.17) is 11.6 Å². The third-order valence-corrected chi connectivity index (χ3v) is 4.91. The van der Waals surface area contributed by atoms with Gasteiger partial charge in [-0.2, -0.15) is 5.10 Å². The number of nitrogens with zero attached hydrogens (tertiary/aromatic N) is 2. The van der Waals surface area contributed by atoms with Gasteiger partial charge in [0.25, 0.3) is 0 Å². The normalized spacial score (nSPS) is 28.6. The summed E-state index contributed by atoms with van der Waals surface area (Å²) in [5, 5.41) is 8.79. The molecule has 1 heterocycles. The molecule has 0 aromatic carbocycles. The molecule has 1 aliphatic carbocycles. The summed E-state index contributed by atoms with van der Waals surface area (Å²) >= 11 is 6.26. The lowest BCUT2D eigenvalue weighted by molar-refractivity contribution is 0.225. The van der Waals surface area contributed by atoms with Crippen molar-refractivity contribution in [2.75, 3.05) is 0 Å². The van der Waals surface area contributed by atoms with Gasteiger partial charge in [-0.05, 0) is 38.0 Å². The zero-order chi connectivity index (χ0) is 13.3. The monoisotopic (exact) mass is 269 g/mol. The van der Waals surface area contributed by atoms with Crippen molar-refractivity contribution in [2.45, 2.75) is 52.6 Å². The van der Waals surface area contributed by atoms with Gasteiger partial charge in [0, 0.05) is 19.6 Å². The first-order valence-corrected chi connectivity index (χ1v) is 7.28. The Labute approximate surface area is 115 Å². The van der Waals surface area contributed by atoms with E-state index in [1.165, 1.54) is 19.3 Å².